The zero-order valence-electron chi connectivity index (χ0n) is 15.4. The average molecular weight is 438 g/mol. The summed E-state index contributed by atoms with van der Waals surface area (Å²) in [5, 5.41) is 22.4. The molecule has 0 unspecified atom stereocenters. The second kappa shape index (κ2) is 7.45. The summed E-state index contributed by atoms with van der Waals surface area (Å²) in [6.07, 6.45) is 1.22. The highest BCUT2D eigenvalue weighted by Gasteiger charge is 2.32. The van der Waals surface area contributed by atoms with Crippen LogP contribution in [0.1, 0.15) is 17.5 Å². The molecule has 0 bridgehead atoms. The second-order valence-corrected chi connectivity index (χ2v) is 8.71. The topological polar surface area (TPSA) is 97.3 Å². The molecule has 1 atom stereocenters. The SMILES string of the molecule is C[C@](O)(CN1Cc2nc(-c3ccc(F)cc3)sc2C1)Cn1cc([N+](=O)[O-])nc1Cl. The molecule has 4 rings (SSSR count). The van der Waals surface area contributed by atoms with Gasteiger partial charge in [-0.3, -0.25) is 9.47 Å². The Morgan fingerprint density at radius 2 is 2.03 bits per heavy atom. The maximum absolute atomic E-state index is 13.1. The van der Waals surface area contributed by atoms with E-state index in [-0.39, 0.29) is 23.5 Å². The van der Waals surface area contributed by atoms with Crippen LogP contribution in [0.15, 0.2) is 30.5 Å². The first-order chi connectivity index (χ1) is 13.7. The monoisotopic (exact) mass is 437 g/mol. The number of halogens is 2. The van der Waals surface area contributed by atoms with Crippen LogP contribution < -0.4 is 0 Å². The summed E-state index contributed by atoms with van der Waals surface area (Å²) in [5.74, 6) is -0.638. The van der Waals surface area contributed by atoms with Gasteiger partial charge in [-0.15, -0.1) is 11.3 Å². The predicted molar refractivity (Wildman–Crippen MR) is 106 cm³/mol. The number of benzene rings is 1. The van der Waals surface area contributed by atoms with E-state index in [0.29, 0.717) is 19.6 Å². The van der Waals surface area contributed by atoms with Crippen molar-refractivity contribution in [2.75, 3.05) is 6.54 Å². The van der Waals surface area contributed by atoms with Gasteiger partial charge in [0.15, 0.2) is 0 Å². The van der Waals surface area contributed by atoms with Gasteiger partial charge in [-0.1, -0.05) is 0 Å². The van der Waals surface area contributed by atoms with Crippen molar-refractivity contribution in [3.63, 3.8) is 0 Å². The van der Waals surface area contributed by atoms with Crippen molar-refractivity contribution in [2.24, 2.45) is 0 Å². The quantitative estimate of drug-likeness (QED) is 0.468. The van der Waals surface area contributed by atoms with Crippen LogP contribution >= 0.6 is 22.9 Å². The fourth-order valence-corrected chi connectivity index (χ4v) is 4.72. The molecule has 0 spiro atoms. The van der Waals surface area contributed by atoms with E-state index in [1.54, 1.807) is 30.4 Å². The summed E-state index contributed by atoms with van der Waals surface area (Å²) in [4.78, 5) is 21.7. The molecule has 29 heavy (non-hydrogen) atoms. The van der Waals surface area contributed by atoms with Crippen LogP contribution in [0.2, 0.25) is 5.28 Å². The third kappa shape index (κ3) is 4.30. The summed E-state index contributed by atoms with van der Waals surface area (Å²) >= 11 is 7.50. The van der Waals surface area contributed by atoms with Gasteiger partial charge in [0.2, 0.25) is 0 Å². The fraction of sp³-hybridized carbons (Fsp3) is 0.333. The van der Waals surface area contributed by atoms with Crippen molar-refractivity contribution in [3.8, 4) is 10.6 Å². The number of nitro groups is 1. The molecule has 0 radical (unpaired) electrons. The standard InChI is InChI=1S/C18H17ClFN5O3S/c1-18(26,10-24-8-15(25(27)28)22-17(24)19)9-23-6-13-14(7-23)29-16(21-13)11-2-4-12(20)5-3-11/h2-5,8,26H,6-7,9-10H2,1H3/t18-/m0/s1. The van der Waals surface area contributed by atoms with Crippen molar-refractivity contribution in [1.82, 2.24) is 19.4 Å². The molecule has 1 N–H and O–H groups in total. The van der Waals surface area contributed by atoms with Gasteiger partial charge in [-0.05, 0) is 52.7 Å². The third-order valence-corrected chi connectivity index (χ3v) is 6.02. The van der Waals surface area contributed by atoms with E-state index in [1.807, 2.05) is 0 Å². The van der Waals surface area contributed by atoms with Crippen LogP contribution in [0.3, 0.4) is 0 Å². The molecule has 0 fully saturated rings. The molecular weight excluding hydrogens is 421 g/mol. The lowest BCUT2D eigenvalue weighted by molar-refractivity contribution is -0.389. The smallest absolute Gasteiger partial charge is 0.383 e. The van der Waals surface area contributed by atoms with Gasteiger partial charge in [0.25, 0.3) is 0 Å². The van der Waals surface area contributed by atoms with Crippen molar-refractivity contribution >= 4 is 28.8 Å². The minimum absolute atomic E-state index is 0.0388. The molecule has 3 aromatic rings. The Kier molecular flexibility index (Phi) is 5.11. The predicted octanol–water partition coefficient (Wildman–Crippen LogP) is 3.47. The Bertz CT molecular complexity index is 1040. The Morgan fingerprint density at radius 1 is 1.31 bits per heavy atom. The molecule has 1 aliphatic heterocycles. The molecule has 2 aromatic heterocycles. The van der Waals surface area contributed by atoms with Crippen LogP contribution in [0.4, 0.5) is 10.2 Å². The molecule has 1 aliphatic rings. The van der Waals surface area contributed by atoms with Crippen LogP contribution in [0, 0.1) is 15.9 Å². The third-order valence-electron chi connectivity index (χ3n) is 4.59. The van der Waals surface area contributed by atoms with Crippen molar-refractivity contribution in [3.05, 3.63) is 62.2 Å². The highest BCUT2D eigenvalue weighted by molar-refractivity contribution is 7.15. The highest BCUT2D eigenvalue weighted by Crippen LogP contribution is 2.34. The van der Waals surface area contributed by atoms with E-state index in [2.05, 4.69) is 14.9 Å². The van der Waals surface area contributed by atoms with E-state index >= 15 is 0 Å². The number of imidazole rings is 1. The molecule has 11 heteroatoms. The molecule has 0 aliphatic carbocycles. The molecule has 1 aromatic carbocycles. The second-order valence-electron chi connectivity index (χ2n) is 7.29. The number of hydrogen-bond donors (Lipinski definition) is 1. The molecule has 8 nitrogen and oxygen atoms in total. The molecule has 3 heterocycles. The van der Waals surface area contributed by atoms with Gasteiger partial charge in [-0.25, -0.2) is 9.37 Å². The van der Waals surface area contributed by atoms with Crippen LogP contribution in [0.5, 0.6) is 0 Å². The van der Waals surface area contributed by atoms with E-state index in [4.69, 9.17) is 11.6 Å². The zero-order valence-corrected chi connectivity index (χ0v) is 17.0. The summed E-state index contributed by atoms with van der Waals surface area (Å²) < 4.78 is 14.5. The average Bonchev–Trinajstić information content (AvgIpc) is 3.28. The number of hydrogen-bond acceptors (Lipinski definition) is 7. The van der Waals surface area contributed by atoms with Crippen LogP contribution in [-0.2, 0) is 19.6 Å². The number of fused-ring (bicyclic) bond motifs is 1. The number of rotatable bonds is 6. The summed E-state index contributed by atoms with van der Waals surface area (Å²) in [7, 11) is 0. The molecule has 152 valence electrons. The molecule has 0 saturated heterocycles. The molecule has 0 saturated carbocycles. The zero-order chi connectivity index (χ0) is 20.8. The van der Waals surface area contributed by atoms with E-state index in [9.17, 15) is 19.6 Å². The van der Waals surface area contributed by atoms with Gasteiger partial charge < -0.3 is 15.2 Å². The van der Waals surface area contributed by atoms with Gasteiger partial charge >= 0.3 is 11.1 Å². The Hall–Kier alpha value is -2.40. The van der Waals surface area contributed by atoms with Gasteiger partial charge in [0.1, 0.15) is 17.0 Å². The van der Waals surface area contributed by atoms with Gasteiger partial charge in [0.05, 0.1) is 17.8 Å². The largest absolute Gasteiger partial charge is 0.387 e. The maximum atomic E-state index is 13.1. The first kappa shape index (κ1) is 19.9. The van der Waals surface area contributed by atoms with E-state index in [1.165, 1.54) is 22.9 Å². The Balaban J connectivity index is 1.41. The minimum atomic E-state index is -1.17. The van der Waals surface area contributed by atoms with Gasteiger partial charge in [-0.2, -0.15) is 0 Å². The lowest BCUT2D eigenvalue weighted by Crippen LogP contribution is -2.41. The summed E-state index contributed by atoms with van der Waals surface area (Å²) in [6, 6.07) is 6.24. The minimum Gasteiger partial charge on any atom is -0.387 e. The van der Waals surface area contributed by atoms with Crippen molar-refractivity contribution in [2.45, 2.75) is 32.2 Å². The summed E-state index contributed by atoms with van der Waals surface area (Å²) in [6.45, 7) is 3.29. The fourth-order valence-electron chi connectivity index (χ4n) is 3.41. The lowest BCUT2D eigenvalue weighted by Gasteiger charge is -2.28. The number of β-amino-alcohol motifs (C(OH)–C–C–N with tert-alkyl or cyclic N) is 1. The summed E-state index contributed by atoms with van der Waals surface area (Å²) in [5.41, 5.74) is 0.647. The Labute approximate surface area is 174 Å². The number of aromatic nitrogens is 3. The first-order valence-electron chi connectivity index (χ1n) is 8.76. The molecule has 0 amide bonds. The Morgan fingerprint density at radius 3 is 2.66 bits per heavy atom. The molecular formula is C18H17ClFN5O3S. The van der Waals surface area contributed by atoms with Crippen molar-refractivity contribution < 1.29 is 14.4 Å². The highest BCUT2D eigenvalue weighted by atomic mass is 35.5. The van der Waals surface area contributed by atoms with E-state index in [0.717, 1.165) is 21.1 Å². The van der Waals surface area contributed by atoms with E-state index < -0.39 is 10.5 Å². The number of nitrogens with zero attached hydrogens (tertiary/aromatic N) is 5. The van der Waals surface area contributed by atoms with Crippen molar-refractivity contribution in [1.29, 1.82) is 0 Å². The number of aliphatic hydroxyl groups is 1. The van der Waals surface area contributed by atoms with Gasteiger partial charge in [0, 0.05) is 30.1 Å². The maximum Gasteiger partial charge on any atom is 0.383 e. The van der Waals surface area contributed by atoms with Crippen LogP contribution in [-0.4, -0.2) is 41.6 Å². The van der Waals surface area contributed by atoms with Crippen LogP contribution in [0.25, 0.3) is 10.6 Å². The lowest BCUT2D eigenvalue weighted by atomic mass is 10.1. The first-order valence-corrected chi connectivity index (χ1v) is 9.96. The number of thiazole rings is 1. The normalized spacial score (nSPS) is 16.0.